The van der Waals surface area contributed by atoms with Crippen LogP contribution in [0.2, 0.25) is 0 Å². The molecule has 30 heavy (non-hydrogen) atoms. The monoisotopic (exact) mass is 419 g/mol. The molecule has 0 saturated heterocycles. The van der Waals surface area contributed by atoms with E-state index >= 15 is 0 Å². The average molecular weight is 420 g/mol. The number of rotatable bonds is 5. The largest absolute Gasteiger partial charge is 0.457 e. The summed E-state index contributed by atoms with van der Waals surface area (Å²) in [5.41, 5.74) is 3.35. The van der Waals surface area contributed by atoms with Gasteiger partial charge in [-0.05, 0) is 67.8 Å². The predicted octanol–water partition coefficient (Wildman–Crippen LogP) is 6.73. The first kappa shape index (κ1) is 21.4. The first-order chi connectivity index (χ1) is 14.2. The minimum Gasteiger partial charge on any atom is -0.457 e. The molecule has 0 aliphatic heterocycles. The molecule has 0 unspecified atom stereocenters. The molecule has 0 bridgehead atoms. The number of nitriles is 1. The molecule has 3 rings (SSSR count). The van der Waals surface area contributed by atoms with Gasteiger partial charge in [0.05, 0.1) is 4.87 Å². The number of para-hydroxylation sites is 1. The number of benzene rings is 3. The van der Waals surface area contributed by atoms with Crippen molar-refractivity contribution in [1.29, 1.82) is 5.26 Å². The first-order valence-corrected chi connectivity index (χ1v) is 9.87. The van der Waals surface area contributed by atoms with Crippen molar-refractivity contribution in [2.45, 2.75) is 32.6 Å². The Balaban J connectivity index is 2.20. The lowest BCUT2D eigenvalue weighted by Crippen LogP contribution is -2.13. The summed E-state index contributed by atoms with van der Waals surface area (Å²) in [5.74, 6) is 1.04. The number of carbonyl (C=O) groups excluding carboxylic acids is 1. The van der Waals surface area contributed by atoms with E-state index in [1.807, 2.05) is 75.4 Å². The van der Waals surface area contributed by atoms with Gasteiger partial charge in [-0.2, -0.15) is 5.26 Å². The highest BCUT2D eigenvalue weighted by atomic mass is 35.5. The molecule has 0 amide bonds. The van der Waals surface area contributed by atoms with E-state index in [2.05, 4.69) is 6.07 Å². The molecule has 0 aliphatic carbocycles. The van der Waals surface area contributed by atoms with E-state index in [1.165, 1.54) is 6.92 Å². The minimum absolute atomic E-state index is 0.198. The molecular weight excluding hydrogens is 398 g/mol. The number of alkyl halides is 1. The lowest BCUT2D eigenvalue weighted by molar-refractivity contribution is -0.131. The fourth-order valence-electron chi connectivity index (χ4n) is 3.42. The molecule has 0 saturated carbocycles. The molecule has 152 valence electrons. The van der Waals surface area contributed by atoms with E-state index in [9.17, 15) is 10.1 Å². The summed E-state index contributed by atoms with van der Waals surface area (Å²) in [7, 11) is 0. The third-order valence-electron chi connectivity index (χ3n) is 4.66. The molecule has 0 spiro atoms. The van der Waals surface area contributed by atoms with Gasteiger partial charge in [0.1, 0.15) is 28.9 Å². The minimum atomic E-state index is -0.722. The van der Waals surface area contributed by atoms with Gasteiger partial charge in [-0.3, -0.25) is 4.79 Å². The van der Waals surface area contributed by atoms with Crippen molar-refractivity contribution in [3.8, 4) is 34.4 Å². The van der Waals surface area contributed by atoms with E-state index < -0.39 is 10.8 Å². The molecule has 0 radical (unpaired) electrons. The van der Waals surface area contributed by atoms with Crippen molar-refractivity contribution in [1.82, 2.24) is 0 Å². The van der Waals surface area contributed by atoms with E-state index in [0.717, 1.165) is 16.7 Å². The molecule has 4 nitrogen and oxygen atoms in total. The summed E-state index contributed by atoms with van der Waals surface area (Å²) >= 11 is 6.62. The van der Waals surface area contributed by atoms with Crippen LogP contribution >= 0.6 is 11.6 Å². The maximum absolute atomic E-state index is 11.6. The second-order valence-electron chi connectivity index (χ2n) is 7.42. The van der Waals surface area contributed by atoms with Crippen molar-refractivity contribution in [2.24, 2.45) is 0 Å². The van der Waals surface area contributed by atoms with Crippen molar-refractivity contribution in [3.05, 3.63) is 77.4 Å². The Morgan fingerprint density at radius 2 is 1.70 bits per heavy atom. The van der Waals surface area contributed by atoms with Crippen molar-refractivity contribution in [2.75, 3.05) is 0 Å². The number of esters is 1. The number of hydrogen-bond donors (Lipinski definition) is 0. The summed E-state index contributed by atoms with van der Waals surface area (Å²) in [4.78, 5) is 10.9. The van der Waals surface area contributed by atoms with Crippen LogP contribution in [0.25, 0.3) is 11.1 Å². The first-order valence-electron chi connectivity index (χ1n) is 9.49. The van der Waals surface area contributed by atoms with Crippen molar-refractivity contribution in [3.63, 3.8) is 0 Å². The second-order valence-corrected chi connectivity index (χ2v) is 8.36. The highest BCUT2D eigenvalue weighted by Crippen LogP contribution is 2.42. The summed E-state index contributed by atoms with van der Waals surface area (Å²) in [5, 5.41) is 9.89. The van der Waals surface area contributed by atoms with Gasteiger partial charge in [0.15, 0.2) is 0 Å². The zero-order valence-electron chi connectivity index (χ0n) is 17.3. The average Bonchev–Trinajstić information content (AvgIpc) is 2.68. The van der Waals surface area contributed by atoms with Gasteiger partial charge in [0, 0.05) is 12.5 Å². The number of nitrogens with zero attached hydrogens (tertiary/aromatic N) is 1. The van der Waals surface area contributed by atoms with Gasteiger partial charge in [-0.25, -0.2) is 0 Å². The van der Waals surface area contributed by atoms with Gasteiger partial charge >= 0.3 is 5.97 Å². The van der Waals surface area contributed by atoms with Crippen LogP contribution in [0.1, 0.15) is 37.5 Å². The van der Waals surface area contributed by atoms with Gasteiger partial charge < -0.3 is 9.47 Å². The molecule has 0 atom stereocenters. The fraction of sp³-hybridized carbons (Fsp3) is 0.200. The van der Waals surface area contributed by atoms with Crippen LogP contribution in [0.4, 0.5) is 0 Å². The van der Waals surface area contributed by atoms with Gasteiger partial charge in [-0.15, -0.1) is 11.6 Å². The molecule has 0 heterocycles. The number of halogens is 1. The highest BCUT2D eigenvalue weighted by molar-refractivity contribution is 6.23. The lowest BCUT2D eigenvalue weighted by Gasteiger charge is -2.24. The van der Waals surface area contributed by atoms with Crippen LogP contribution in [-0.2, 0) is 9.67 Å². The Morgan fingerprint density at radius 1 is 1.03 bits per heavy atom. The zero-order valence-corrected chi connectivity index (χ0v) is 18.1. The van der Waals surface area contributed by atoms with Gasteiger partial charge in [0.25, 0.3) is 0 Å². The third kappa shape index (κ3) is 4.64. The van der Waals surface area contributed by atoms with Crippen LogP contribution in [0.3, 0.4) is 0 Å². The standard InChI is InChI=1S/C25H22ClNO3/c1-16-22(25(3,4)26)14-23(29-17(2)28)21(15-27)24(16)18-9-8-12-20(13-18)30-19-10-6-5-7-11-19/h5-14H,1-4H3. The third-order valence-corrected chi connectivity index (χ3v) is 4.86. The predicted molar refractivity (Wildman–Crippen MR) is 118 cm³/mol. The summed E-state index contributed by atoms with van der Waals surface area (Å²) in [6.07, 6.45) is 0. The van der Waals surface area contributed by atoms with Crippen molar-refractivity contribution < 1.29 is 14.3 Å². The van der Waals surface area contributed by atoms with E-state index in [1.54, 1.807) is 6.07 Å². The Kier molecular flexibility index (Phi) is 6.14. The summed E-state index contributed by atoms with van der Waals surface area (Å²) in [6.45, 7) is 6.94. The van der Waals surface area contributed by atoms with Crippen LogP contribution < -0.4 is 9.47 Å². The molecule has 0 N–H and O–H groups in total. The fourth-order valence-corrected chi connectivity index (χ4v) is 3.62. The molecule has 0 fully saturated rings. The smallest absolute Gasteiger partial charge is 0.308 e. The molecular formula is C25H22ClNO3. The zero-order chi connectivity index (χ0) is 21.9. The normalized spacial score (nSPS) is 10.9. The Labute approximate surface area is 181 Å². The molecule has 3 aromatic rings. The Hall–Kier alpha value is -3.29. The molecule has 0 aromatic heterocycles. The van der Waals surface area contributed by atoms with Crippen LogP contribution in [0, 0.1) is 18.3 Å². The van der Waals surface area contributed by atoms with E-state index in [-0.39, 0.29) is 11.3 Å². The highest BCUT2D eigenvalue weighted by Gasteiger charge is 2.26. The number of ether oxygens (including phenoxy) is 2. The van der Waals surface area contributed by atoms with E-state index in [4.69, 9.17) is 21.1 Å². The topological polar surface area (TPSA) is 59.3 Å². The van der Waals surface area contributed by atoms with Crippen LogP contribution in [0.15, 0.2) is 60.7 Å². The summed E-state index contributed by atoms with van der Waals surface area (Å²) < 4.78 is 11.3. The SMILES string of the molecule is CC(=O)Oc1cc(C(C)(C)Cl)c(C)c(-c2cccc(Oc3ccccc3)c2)c1C#N. The van der Waals surface area contributed by atoms with Crippen molar-refractivity contribution >= 4 is 17.6 Å². The van der Waals surface area contributed by atoms with E-state index in [0.29, 0.717) is 17.1 Å². The maximum Gasteiger partial charge on any atom is 0.308 e. The number of carbonyl (C=O) groups is 1. The quantitative estimate of drug-likeness (QED) is 0.261. The molecule has 3 aromatic carbocycles. The Bertz CT molecular complexity index is 1130. The number of hydrogen-bond acceptors (Lipinski definition) is 4. The Morgan fingerprint density at radius 3 is 2.30 bits per heavy atom. The molecule has 5 heteroatoms. The summed E-state index contributed by atoms with van der Waals surface area (Å²) in [6, 6.07) is 20.8. The van der Waals surface area contributed by atoms with Crippen LogP contribution in [0.5, 0.6) is 17.2 Å². The lowest BCUT2D eigenvalue weighted by atomic mass is 9.87. The van der Waals surface area contributed by atoms with Gasteiger partial charge in [0.2, 0.25) is 0 Å². The maximum atomic E-state index is 11.6. The van der Waals surface area contributed by atoms with Crippen LogP contribution in [-0.4, -0.2) is 5.97 Å². The van der Waals surface area contributed by atoms with Gasteiger partial charge in [-0.1, -0.05) is 30.3 Å². The second kappa shape index (κ2) is 8.61. The molecule has 0 aliphatic rings.